The molecule has 2 aromatic rings. The molecule has 138 valence electrons. The van der Waals surface area contributed by atoms with Crippen LogP contribution in [-0.2, 0) is 14.6 Å². The van der Waals surface area contributed by atoms with Crippen LogP contribution in [0.5, 0.6) is 0 Å². The summed E-state index contributed by atoms with van der Waals surface area (Å²) in [6.45, 7) is 3.93. The van der Waals surface area contributed by atoms with Crippen LogP contribution in [0.25, 0.3) is 0 Å². The van der Waals surface area contributed by atoms with E-state index in [4.69, 9.17) is 0 Å². The topological polar surface area (TPSA) is 75.3 Å². The van der Waals surface area contributed by atoms with Gasteiger partial charge >= 0.3 is 0 Å². The van der Waals surface area contributed by atoms with Crippen LogP contribution in [-0.4, -0.2) is 31.9 Å². The van der Waals surface area contributed by atoms with Crippen molar-refractivity contribution in [1.29, 1.82) is 0 Å². The summed E-state index contributed by atoms with van der Waals surface area (Å²) in [4.78, 5) is 13.0. The van der Waals surface area contributed by atoms with E-state index in [1.165, 1.54) is 0 Å². The minimum atomic E-state index is -3.01. The first-order chi connectivity index (χ1) is 12.3. The van der Waals surface area contributed by atoms with E-state index in [9.17, 15) is 13.2 Å². The van der Waals surface area contributed by atoms with Gasteiger partial charge in [-0.05, 0) is 43.0 Å². The molecule has 0 unspecified atom stereocenters. The standard InChI is InChI=1S/C20H24N2O3S/c1-14-8-9-15(2)18(12-14)22-20(23)19(16-6-4-3-5-7-16)21-17-10-11-26(24,25)13-17/h3-9,12,17,19,21H,10-11,13H2,1-2H3,(H,22,23)/t17-,19+/m0/s1. The number of aryl methyl sites for hydroxylation is 2. The smallest absolute Gasteiger partial charge is 0.246 e. The van der Waals surface area contributed by atoms with Gasteiger partial charge in [-0.2, -0.15) is 0 Å². The summed E-state index contributed by atoms with van der Waals surface area (Å²) in [5, 5.41) is 6.24. The number of hydrogen-bond donors (Lipinski definition) is 2. The molecule has 5 nitrogen and oxygen atoms in total. The SMILES string of the molecule is Cc1ccc(C)c(NC(=O)[C@H](N[C@H]2CCS(=O)(=O)C2)c2ccccc2)c1. The van der Waals surface area contributed by atoms with Crippen LogP contribution >= 0.6 is 0 Å². The fourth-order valence-electron chi connectivity index (χ4n) is 3.21. The van der Waals surface area contributed by atoms with Gasteiger partial charge in [-0.1, -0.05) is 42.5 Å². The summed E-state index contributed by atoms with van der Waals surface area (Å²) in [6, 6.07) is 14.5. The van der Waals surface area contributed by atoms with Gasteiger partial charge in [0.25, 0.3) is 0 Å². The molecule has 0 aromatic heterocycles. The van der Waals surface area contributed by atoms with Gasteiger partial charge < -0.3 is 5.32 Å². The van der Waals surface area contributed by atoms with E-state index in [2.05, 4.69) is 10.6 Å². The highest BCUT2D eigenvalue weighted by Gasteiger charge is 2.32. The molecule has 2 atom stereocenters. The van der Waals surface area contributed by atoms with E-state index in [0.717, 1.165) is 22.4 Å². The molecule has 3 rings (SSSR count). The predicted octanol–water partition coefficient (Wildman–Crippen LogP) is 2.76. The van der Waals surface area contributed by atoms with Gasteiger partial charge in [-0.15, -0.1) is 0 Å². The Morgan fingerprint density at radius 2 is 1.85 bits per heavy atom. The lowest BCUT2D eigenvalue weighted by molar-refractivity contribution is -0.118. The van der Waals surface area contributed by atoms with E-state index in [-0.39, 0.29) is 23.5 Å². The number of carbonyl (C=O) groups excluding carboxylic acids is 1. The molecule has 0 saturated carbocycles. The van der Waals surface area contributed by atoms with Crippen molar-refractivity contribution in [2.24, 2.45) is 0 Å². The third kappa shape index (κ3) is 4.51. The number of rotatable bonds is 5. The second-order valence-corrected chi connectivity index (χ2v) is 9.15. The molecule has 1 amide bonds. The quantitative estimate of drug-likeness (QED) is 0.846. The molecule has 1 heterocycles. The van der Waals surface area contributed by atoms with Crippen LogP contribution in [0.1, 0.15) is 29.2 Å². The van der Waals surface area contributed by atoms with Crippen LogP contribution in [0.2, 0.25) is 0 Å². The van der Waals surface area contributed by atoms with Gasteiger partial charge in [0.05, 0.1) is 11.5 Å². The van der Waals surface area contributed by atoms with Crippen LogP contribution in [0.15, 0.2) is 48.5 Å². The lowest BCUT2D eigenvalue weighted by Gasteiger charge is -2.23. The van der Waals surface area contributed by atoms with Gasteiger partial charge in [0.15, 0.2) is 9.84 Å². The van der Waals surface area contributed by atoms with Crippen LogP contribution in [0, 0.1) is 13.8 Å². The first kappa shape index (κ1) is 18.6. The molecule has 2 aromatic carbocycles. The van der Waals surface area contributed by atoms with Crippen molar-refractivity contribution in [3.63, 3.8) is 0 Å². The molecule has 0 radical (unpaired) electrons. The molecule has 1 aliphatic rings. The largest absolute Gasteiger partial charge is 0.324 e. The van der Waals surface area contributed by atoms with Gasteiger partial charge in [0.2, 0.25) is 5.91 Å². The number of carbonyl (C=O) groups is 1. The van der Waals surface area contributed by atoms with E-state index in [1.54, 1.807) is 0 Å². The van der Waals surface area contributed by atoms with Crippen molar-refractivity contribution >= 4 is 21.4 Å². The molecule has 1 aliphatic heterocycles. The van der Waals surface area contributed by atoms with E-state index < -0.39 is 15.9 Å². The van der Waals surface area contributed by atoms with Gasteiger partial charge in [0.1, 0.15) is 6.04 Å². The third-order valence-corrected chi connectivity index (χ3v) is 6.45. The van der Waals surface area contributed by atoms with Crippen molar-refractivity contribution < 1.29 is 13.2 Å². The molecular weight excluding hydrogens is 348 g/mol. The molecular formula is C20H24N2O3S. The monoisotopic (exact) mass is 372 g/mol. The number of benzene rings is 2. The molecule has 2 N–H and O–H groups in total. The average Bonchev–Trinajstić information content (AvgIpc) is 2.95. The van der Waals surface area contributed by atoms with E-state index in [1.807, 2.05) is 62.4 Å². The van der Waals surface area contributed by atoms with Crippen molar-refractivity contribution in [2.75, 3.05) is 16.8 Å². The zero-order valence-corrected chi connectivity index (χ0v) is 15.8. The highest BCUT2D eigenvalue weighted by Crippen LogP contribution is 2.22. The number of anilines is 1. The number of hydrogen-bond acceptors (Lipinski definition) is 4. The second kappa shape index (κ2) is 7.60. The van der Waals surface area contributed by atoms with Gasteiger partial charge in [-0.3, -0.25) is 10.1 Å². The number of sulfone groups is 1. The summed E-state index contributed by atoms with van der Waals surface area (Å²) in [6.07, 6.45) is 0.530. The average molecular weight is 372 g/mol. The number of amides is 1. The van der Waals surface area contributed by atoms with Crippen LogP contribution < -0.4 is 10.6 Å². The highest BCUT2D eigenvalue weighted by atomic mass is 32.2. The maximum absolute atomic E-state index is 13.0. The molecule has 6 heteroatoms. The predicted molar refractivity (Wildman–Crippen MR) is 104 cm³/mol. The highest BCUT2D eigenvalue weighted by molar-refractivity contribution is 7.91. The Morgan fingerprint density at radius 1 is 1.12 bits per heavy atom. The summed E-state index contributed by atoms with van der Waals surface area (Å²) in [5.41, 5.74) is 3.65. The normalized spacial score (nSPS) is 19.8. The molecule has 0 spiro atoms. The Bertz CT molecular complexity index is 895. The Morgan fingerprint density at radius 3 is 2.50 bits per heavy atom. The van der Waals surface area contributed by atoms with Crippen molar-refractivity contribution in [3.05, 3.63) is 65.2 Å². The molecule has 1 fully saturated rings. The minimum absolute atomic E-state index is 0.0765. The van der Waals surface area contributed by atoms with E-state index in [0.29, 0.717) is 6.42 Å². The first-order valence-electron chi connectivity index (χ1n) is 8.73. The Labute approximate surface area is 154 Å². The van der Waals surface area contributed by atoms with Crippen molar-refractivity contribution in [2.45, 2.75) is 32.4 Å². The molecule has 0 aliphatic carbocycles. The van der Waals surface area contributed by atoms with Crippen LogP contribution in [0.4, 0.5) is 5.69 Å². The third-order valence-electron chi connectivity index (χ3n) is 4.68. The van der Waals surface area contributed by atoms with Crippen molar-refractivity contribution in [1.82, 2.24) is 5.32 Å². The summed E-state index contributed by atoms with van der Waals surface area (Å²) in [5.74, 6) is 0.0620. The molecule has 26 heavy (non-hydrogen) atoms. The zero-order chi connectivity index (χ0) is 18.7. The minimum Gasteiger partial charge on any atom is -0.324 e. The molecule has 0 bridgehead atoms. The lowest BCUT2D eigenvalue weighted by atomic mass is 10.0. The second-order valence-electron chi connectivity index (χ2n) is 6.92. The summed E-state index contributed by atoms with van der Waals surface area (Å²) in [7, 11) is -3.01. The Hall–Kier alpha value is -2.18. The van der Waals surface area contributed by atoms with Crippen LogP contribution in [0.3, 0.4) is 0 Å². The summed E-state index contributed by atoms with van der Waals surface area (Å²) >= 11 is 0. The Kier molecular flexibility index (Phi) is 5.44. The zero-order valence-electron chi connectivity index (χ0n) is 15.0. The number of nitrogens with one attached hydrogen (secondary N) is 2. The fourth-order valence-corrected chi connectivity index (χ4v) is 4.89. The first-order valence-corrected chi connectivity index (χ1v) is 10.6. The lowest BCUT2D eigenvalue weighted by Crippen LogP contribution is -2.40. The van der Waals surface area contributed by atoms with Gasteiger partial charge in [-0.25, -0.2) is 8.42 Å². The Balaban J connectivity index is 1.83. The van der Waals surface area contributed by atoms with E-state index >= 15 is 0 Å². The maximum Gasteiger partial charge on any atom is 0.246 e. The van der Waals surface area contributed by atoms with Crippen molar-refractivity contribution in [3.8, 4) is 0 Å². The molecule has 1 saturated heterocycles. The maximum atomic E-state index is 13.0. The van der Waals surface area contributed by atoms with Gasteiger partial charge in [0, 0.05) is 11.7 Å². The fraction of sp³-hybridized carbons (Fsp3) is 0.350. The summed E-state index contributed by atoms with van der Waals surface area (Å²) < 4.78 is 23.5.